The van der Waals surface area contributed by atoms with Crippen LogP contribution in [-0.2, 0) is 26.8 Å². The Morgan fingerprint density at radius 2 is 1.81 bits per heavy atom. The number of amides is 1. The Morgan fingerprint density at radius 3 is 2.24 bits per heavy atom. The van der Waals surface area contributed by atoms with Gasteiger partial charge in [0.1, 0.15) is 5.25 Å². The van der Waals surface area contributed by atoms with E-state index in [9.17, 15) is 13.2 Å². The molecule has 1 aliphatic heterocycles. The standard InChI is InChI=1S/C15H22N2O3S/c1-15(2,3)12-6-4-11(5-7-12)9-17-10-13(8-14(17)18)21(16,19)20/h4-7,13H,8-10H2,1-3H3,(H2,16,19,20). The first-order chi connectivity index (χ1) is 9.57. The minimum absolute atomic E-state index is 0.0150. The van der Waals surface area contributed by atoms with Gasteiger partial charge in [0.15, 0.2) is 0 Å². The summed E-state index contributed by atoms with van der Waals surface area (Å²) in [6, 6.07) is 8.07. The third-order valence-corrected chi connectivity index (χ3v) is 5.08. The van der Waals surface area contributed by atoms with Crippen molar-refractivity contribution >= 4 is 15.9 Å². The Labute approximate surface area is 126 Å². The number of primary sulfonamides is 1. The van der Waals surface area contributed by atoms with Gasteiger partial charge in [0.2, 0.25) is 15.9 Å². The predicted octanol–water partition coefficient (Wildman–Crippen LogP) is 1.37. The molecule has 1 fully saturated rings. The Kier molecular flexibility index (Phi) is 4.13. The van der Waals surface area contributed by atoms with E-state index in [4.69, 9.17) is 5.14 Å². The second kappa shape index (κ2) is 5.42. The zero-order valence-corrected chi connectivity index (χ0v) is 13.5. The summed E-state index contributed by atoms with van der Waals surface area (Å²) in [4.78, 5) is 13.4. The van der Waals surface area contributed by atoms with Gasteiger partial charge in [0.05, 0.1) is 0 Å². The van der Waals surface area contributed by atoms with E-state index in [2.05, 4.69) is 20.8 Å². The van der Waals surface area contributed by atoms with Crippen LogP contribution < -0.4 is 5.14 Å². The van der Waals surface area contributed by atoms with Crippen molar-refractivity contribution in [1.29, 1.82) is 0 Å². The van der Waals surface area contributed by atoms with E-state index in [-0.39, 0.29) is 24.3 Å². The molecule has 1 aromatic carbocycles. The average molecular weight is 310 g/mol. The summed E-state index contributed by atoms with van der Waals surface area (Å²) in [7, 11) is -3.65. The number of carbonyl (C=O) groups excluding carboxylic acids is 1. The predicted molar refractivity (Wildman–Crippen MR) is 82.1 cm³/mol. The summed E-state index contributed by atoms with van der Waals surface area (Å²) in [6.45, 7) is 7.03. The molecule has 0 saturated carbocycles. The molecule has 2 rings (SSSR count). The zero-order chi connectivity index (χ0) is 15.8. The lowest BCUT2D eigenvalue weighted by atomic mass is 9.87. The molecular weight excluding hydrogens is 288 g/mol. The van der Waals surface area contributed by atoms with Crippen molar-refractivity contribution in [2.45, 2.75) is 44.4 Å². The van der Waals surface area contributed by atoms with Crippen LogP contribution in [0.25, 0.3) is 0 Å². The second-order valence-corrected chi connectivity index (χ2v) is 8.48. The molecule has 1 unspecified atom stereocenters. The molecule has 1 amide bonds. The molecule has 1 heterocycles. The molecule has 1 saturated heterocycles. The van der Waals surface area contributed by atoms with Crippen molar-refractivity contribution in [1.82, 2.24) is 4.90 Å². The minimum Gasteiger partial charge on any atom is -0.337 e. The van der Waals surface area contributed by atoms with Gasteiger partial charge in [-0.3, -0.25) is 4.79 Å². The van der Waals surface area contributed by atoms with Crippen LogP contribution in [0.5, 0.6) is 0 Å². The number of likely N-dealkylation sites (tertiary alicyclic amines) is 1. The highest BCUT2D eigenvalue weighted by atomic mass is 32.2. The third-order valence-electron chi connectivity index (χ3n) is 3.84. The highest BCUT2D eigenvalue weighted by molar-refractivity contribution is 7.89. The molecular formula is C15H22N2O3S. The maximum Gasteiger partial charge on any atom is 0.224 e. The minimum atomic E-state index is -3.65. The molecule has 21 heavy (non-hydrogen) atoms. The summed E-state index contributed by atoms with van der Waals surface area (Å²) >= 11 is 0. The van der Waals surface area contributed by atoms with Gasteiger partial charge < -0.3 is 4.90 Å². The number of carbonyl (C=O) groups is 1. The van der Waals surface area contributed by atoms with E-state index in [1.165, 1.54) is 5.56 Å². The monoisotopic (exact) mass is 310 g/mol. The summed E-state index contributed by atoms with van der Waals surface area (Å²) in [6.07, 6.45) is -0.0150. The lowest BCUT2D eigenvalue weighted by molar-refractivity contribution is -0.128. The van der Waals surface area contributed by atoms with Crippen LogP contribution in [0.1, 0.15) is 38.3 Å². The Balaban J connectivity index is 2.07. The maximum atomic E-state index is 11.9. The molecule has 1 atom stereocenters. The second-order valence-electron chi connectivity index (χ2n) is 6.64. The Morgan fingerprint density at radius 1 is 1.24 bits per heavy atom. The Hall–Kier alpha value is -1.40. The fourth-order valence-corrected chi connectivity index (χ4v) is 3.20. The molecule has 0 aromatic heterocycles. The van der Waals surface area contributed by atoms with Crippen molar-refractivity contribution in [3.05, 3.63) is 35.4 Å². The molecule has 0 aliphatic carbocycles. The van der Waals surface area contributed by atoms with Gasteiger partial charge in [0, 0.05) is 19.5 Å². The average Bonchev–Trinajstić information content (AvgIpc) is 2.70. The van der Waals surface area contributed by atoms with Gasteiger partial charge in [-0.05, 0) is 16.5 Å². The molecule has 0 bridgehead atoms. The van der Waals surface area contributed by atoms with Crippen LogP contribution in [0, 0.1) is 0 Å². The van der Waals surface area contributed by atoms with Crippen LogP contribution in [0.15, 0.2) is 24.3 Å². The molecule has 0 spiro atoms. The molecule has 1 aromatic rings. The quantitative estimate of drug-likeness (QED) is 0.915. The van der Waals surface area contributed by atoms with Crippen LogP contribution in [0.4, 0.5) is 0 Å². The number of nitrogens with zero attached hydrogens (tertiary/aromatic N) is 1. The van der Waals surface area contributed by atoms with Gasteiger partial charge in [-0.2, -0.15) is 0 Å². The van der Waals surface area contributed by atoms with E-state index in [0.29, 0.717) is 6.54 Å². The zero-order valence-electron chi connectivity index (χ0n) is 12.7. The van der Waals surface area contributed by atoms with Crippen LogP contribution in [0.3, 0.4) is 0 Å². The van der Waals surface area contributed by atoms with Crippen molar-refractivity contribution < 1.29 is 13.2 Å². The first-order valence-corrected chi connectivity index (χ1v) is 8.57. The van der Waals surface area contributed by atoms with Crippen LogP contribution >= 0.6 is 0 Å². The normalized spacial score (nSPS) is 20.1. The van der Waals surface area contributed by atoms with Crippen molar-refractivity contribution in [2.24, 2.45) is 5.14 Å². The highest BCUT2D eigenvalue weighted by Gasteiger charge is 2.36. The molecule has 5 nitrogen and oxygen atoms in total. The molecule has 0 radical (unpaired) electrons. The number of hydrogen-bond acceptors (Lipinski definition) is 3. The lowest BCUT2D eigenvalue weighted by Gasteiger charge is -2.20. The van der Waals surface area contributed by atoms with Crippen molar-refractivity contribution in [2.75, 3.05) is 6.54 Å². The molecule has 6 heteroatoms. The number of hydrogen-bond donors (Lipinski definition) is 1. The van der Waals surface area contributed by atoms with Crippen molar-refractivity contribution in [3.8, 4) is 0 Å². The van der Waals surface area contributed by atoms with E-state index in [1.807, 2.05) is 24.3 Å². The summed E-state index contributed by atoms with van der Waals surface area (Å²) < 4.78 is 22.7. The van der Waals surface area contributed by atoms with Crippen LogP contribution in [-0.4, -0.2) is 31.0 Å². The largest absolute Gasteiger partial charge is 0.337 e. The number of benzene rings is 1. The number of nitrogens with two attached hydrogens (primary N) is 1. The topological polar surface area (TPSA) is 80.5 Å². The smallest absolute Gasteiger partial charge is 0.224 e. The van der Waals surface area contributed by atoms with E-state index in [1.54, 1.807) is 4.90 Å². The maximum absolute atomic E-state index is 11.9. The van der Waals surface area contributed by atoms with Gasteiger partial charge in [-0.1, -0.05) is 45.0 Å². The molecule has 1 aliphatic rings. The third kappa shape index (κ3) is 3.83. The fourth-order valence-electron chi connectivity index (χ4n) is 2.44. The van der Waals surface area contributed by atoms with E-state index in [0.717, 1.165) is 5.56 Å². The van der Waals surface area contributed by atoms with E-state index >= 15 is 0 Å². The molecule has 2 N–H and O–H groups in total. The van der Waals surface area contributed by atoms with Gasteiger partial charge >= 0.3 is 0 Å². The Bertz CT molecular complexity index is 630. The summed E-state index contributed by atoms with van der Waals surface area (Å²) in [5, 5.41) is 4.34. The lowest BCUT2D eigenvalue weighted by Crippen LogP contribution is -2.31. The first-order valence-electron chi connectivity index (χ1n) is 6.96. The van der Waals surface area contributed by atoms with Crippen LogP contribution in [0.2, 0.25) is 0 Å². The van der Waals surface area contributed by atoms with Gasteiger partial charge in [-0.25, -0.2) is 13.6 Å². The molecule has 116 valence electrons. The SMILES string of the molecule is CC(C)(C)c1ccc(CN2CC(S(N)(=O)=O)CC2=O)cc1. The van der Waals surface area contributed by atoms with Gasteiger partial charge in [-0.15, -0.1) is 0 Å². The number of rotatable bonds is 3. The number of sulfonamides is 1. The van der Waals surface area contributed by atoms with Gasteiger partial charge in [0.25, 0.3) is 0 Å². The summed E-state index contributed by atoms with van der Waals surface area (Å²) in [5.41, 5.74) is 2.30. The summed E-state index contributed by atoms with van der Waals surface area (Å²) in [5.74, 6) is -0.158. The van der Waals surface area contributed by atoms with E-state index < -0.39 is 15.3 Å². The van der Waals surface area contributed by atoms with Crippen molar-refractivity contribution in [3.63, 3.8) is 0 Å². The highest BCUT2D eigenvalue weighted by Crippen LogP contribution is 2.24. The fraction of sp³-hybridized carbons (Fsp3) is 0.533. The first kappa shape index (κ1) is 16.0.